The molecule has 3 aromatic rings. The standard InChI is InChI=1S/C17H13N5O3/c23-15-13-14(18-7-19-15)21-16(24)12(20-13)8-3-1-4-9-11(8)10-5-2-6-22(10)17(9)25/h1,3-4,7,10H,2,5-6H2,(H2,18,19,21,23,24). The summed E-state index contributed by atoms with van der Waals surface area (Å²) in [5.74, 6) is -0.00363. The van der Waals surface area contributed by atoms with E-state index < -0.39 is 11.1 Å². The largest absolute Gasteiger partial charge is 0.332 e. The van der Waals surface area contributed by atoms with E-state index in [2.05, 4.69) is 19.9 Å². The Bertz CT molecular complexity index is 1160. The molecule has 0 aliphatic carbocycles. The molecule has 1 unspecified atom stereocenters. The van der Waals surface area contributed by atoms with Crippen LogP contribution in [0.15, 0.2) is 34.1 Å². The second-order valence-corrected chi connectivity index (χ2v) is 6.27. The smallest absolute Gasteiger partial charge is 0.278 e. The molecule has 0 radical (unpaired) electrons. The summed E-state index contributed by atoms with van der Waals surface area (Å²) in [4.78, 5) is 52.2. The molecular formula is C17H13N5O3. The number of amides is 1. The van der Waals surface area contributed by atoms with Gasteiger partial charge in [-0.25, -0.2) is 9.97 Å². The van der Waals surface area contributed by atoms with Gasteiger partial charge < -0.3 is 14.9 Å². The lowest BCUT2D eigenvalue weighted by Gasteiger charge is -2.16. The number of nitrogens with zero attached hydrogens (tertiary/aromatic N) is 3. The van der Waals surface area contributed by atoms with Crippen molar-refractivity contribution in [3.8, 4) is 11.3 Å². The average Bonchev–Trinajstić information content (AvgIpc) is 3.18. The molecule has 2 aliphatic heterocycles. The molecule has 2 aromatic heterocycles. The van der Waals surface area contributed by atoms with Crippen molar-refractivity contribution >= 4 is 17.1 Å². The zero-order valence-electron chi connectivity index (χ0n) is 13.1. The van der Waals surface area contributed by atoms with E-state index >= 15 is 0 Å². The molecule has 8 nitrogen and oxygen atoms in total. The molecule has 124 valence electrons. The topological polar surface area (TPSA) is 112 Å². The van der Waals surface area contributed by atoms with Crippen LogP contribution in [0.5, 0.6) is 0 Å². The van der Waals surface area contributed by atoms with E-state index in [4.69, 9.17) is 0 Å². The zero-order valence-corrected chi connectivity index (χ0v) is 13.1. The van der Waals surface area contributed by atoms with Gasteiger partial charge in [-0.3, -0.25) is 14.4 Å². The van der Waals surface area contributed by atoms with E-state index in [1.807, 2.05) is 4.90 Å². The lowest BCUT2D eigenvalue weighted by molar-refractivity contribution is 0.0776. The van der Waals surface area contributed by atoms with Crippen LogP contribution in [-0.2, 0) is 0 Å². The second kappa shape index (κ2) is 4.85. The summed E-state index contributed by atoms with van der Waals surface area (Å²) < 4.78 is 0. The Labute approximate surface area is 140 Å². The van der Waals surface area contributed by atoms with Gasteiger partial charge in [0.15, 0.2) is 11.2 Å². The van der Waals surface area contributed by atoms with Crippen molar-refractivity contribution in [2.75, 3.05) is 6.54 Å². The van der Waals surface area contributed by atoms with E-state index in [1.165, 1.54) is 6.33 Å². The van der Waals surface area contributed by atoms with Gasteiger partial charge in [-0.1, -0.05) is 12.1 Å². The van der Waals surface area contributed by atoms with Crippen molar-refractivity contribution in [3.63, 3.8) is 0 Å². The Hall–Kier alpha value is -3.29. The van der Waals surface area contributed by atoms with Gasteiger partial charge in [-0.15, -0.1) is 0 Å². The molecule has 0 bridgehead atoms. The van der Waals surface area contributed by atoms with E-state index in [1.54, 1.807) is 18.2 Å². The third kappa shape index (κ3) is 1.84. The highest BCUT2D eigenvalue weighted by molar-refractivity contribution is 6.01. The predicted molar refractivity (Wildman–Crippen MR) is 89.2 cm³/mol. The summed E-state index contributed by atoms with van der Waals surface area (Å²) in [7, 11) is 0. The molecular weight excluding hydrogens is 322 g/mol. The van der Waals surface area contributed by atoms with Gasteiger partial charge in [0, 0.05) is 17.7 Å². The van der Waals surface area contributed by atoms with Crippen LogP contribution in [0, 0.1) is 0 Å². The van der Waals surface area contributed by atoms with Crippen molar-refractivity contribution in [1.82, 2.24) is 24.8 Å². The molecule has 1 amide bonds. The van der Waals surface area contributed by atoms with Crippen LogP contribution < -0.4 is 11.1 Å². The van der Waals surface area contributed by atoms with E-state index in [0.29, 0.717) is 11.1 Å². The number of fused-ring (bicyclic) bond motifs is 4. The highest BCUT2D eigenvalue weighted by atomic mass is 16.2. The number of carbonyl (C=O) groups is 1. The van der Waals surface area contributed by atoms with Crippen LogP contribution in [0.2, 0.25) is 0 Å². The van der Waals surface area contributed by atoms with Crippen LogP contribution in [0.3, 0.4) is 0 Å². The van der Waals surface area contributed by atoms with Crippen molar-refractivity contribution in [3.05, 3.63) is 56.4 Å². The van der Waals surface area contributed by atoms with Crippen LogP contribution in [0.25, 0.3) is 22.4 Å². The van der Waals surface area contributed by atoms with Crippen LogP contribution >= 0.6 is 0 Å². The van der Waals surface area contributed by atoms with Gasteiger partial charge in [0.05, 0.1) is 12.4 Å². The van der Waals surface area contributed by atoms with Crippen molar-refractivity contribution in [2.24, 2.45) is 0 Å². The molecule has 0 saturated carbocycles. The number of hydrogen-bond acceptors (Lipinski definition) is 5. The second-order valence-electron chi connectivity index (χ2n) is 6.27. The summed E-state index contributed by atoms with van der Waals surface area (Å²) >= 11 is 0. The summed E-state index contributed by atoms with van der Waals surface area (Å²) in [6.07, 6.45) is 3.02. The van der Waals surface area contributed by atoms with Gasteiger partial charge in [-0.2, -0.15) is 0 Å². The molecule has 0 spiro atoms. The van der Waals surface area contributed by atoms with Gasteiger partial charge in [-0.05, 0) is 24.5 Å². The van der Waals surface area contributed by atoms with Gasteiger partial charge in [0.1, 0.15) is 5.69 Å². The first kappa shape index (κ1) is 14.1. The van der Waals surface area contributed by atoms with Crippen LogP contribution in [0.4, 0.5) is 0 Å². The molecule has 2 aliphatic rings. The number of benzene rings is 1. The van der Waals surface area contributed by atoms with Crippen LogP contribution in [-0.4, -0.2) is 37.3 Å². The fourth-order valence-corrected chi connectivity index (χ4v) is 3.88. The molecule has 5 rings (SSSR count). The van der Waals surface area contributed by atoms with Crippen molar-refractivity contribution < 1.29 is 4.79 Å². The summed E-state index contributed by atoms with van der Waals surface area (Å²) in [5, 5.41) is 0. The summed E-state index contributed by atoms with van der Waals surface area (Å²) in [6.45, 7) is 0.725. The maximum absolute atomic E-state index is 12.6. The van der Waals surface area contributed by atoms with Gasteiger partial charge in [0.25, 0.3) is 17.0 Å². The molecule has 8 heteroatoms. The Morgan fingerprint density at radius 2 is 1.96 bits per heavy atom. The minimum atomic E-state index is -0.428. The van der Waals surface area contributed by atoms with E-state index in [0.717, 1.165) is 24.9 Å². The fourth-order valence-electron chi connectivity index (χ4n) is 3.88. The third-order valence-electron chi connectivity index (χ3n) is 4.94. The van der Waals surface area contributed by atoms with Gasteiger partial charge in [0.2, 0.25) is 0 Å². The number of H-pyrrole nitrogens is 2. The first-order valence-corrected chi connectivity index (χ1v) is 8.07. The Kier molecular flexibility index (Phi) is 2.74. The van der Waals surface area contributed by atoms with Crippen molar-refractivity contribution in [1.29, 1.82) is 0 Å². The number of hydrogen-bond donors (Lipinski definition) is 2. The average molecular weight is 335 g/mol. The molecule has 1 aromatic carbocycles. The molecule has 25 heavy (non-hydrogen) atoms. The summed E-state index contributed by atoms with van der Waals surface area (Å²) in [6, 6.07) is 5.28. The van der Waals surface area contributed by atoms with Crippen LogP contribution in [0.1, 0.15) is 34.8 Å². The number of aromatic amines is 2. The molecule has 1 atom stereocenters. The third-order valence-corrected chi connectivity index (χ3v) is 4.94. The zero-order chi connectivity index (χ0) is 17.1. The van der Waals surface area contributed by atoms with E-state index in [-0.39, 0.29) is 28.8 Å². The minimum Gasteiger partial charge on any atom is -0.332 e. The Morgan fingerprint density at radius 1 is 1.12 bits per heavy atom. The molecule has 1 saturated heterocycles. The molecule has 4 heterocycles. The highest BCUT2D eigenvalue weighted by Crippen LogP contribution is 2.44. The van der Waals surface area contributed by atoms with E-state index in [9.17, 15) is 14.4 Å². The number of nitrogens with one attached hydrogen (secondary N) is 2. The highest BCUT2D eigenvalue weighted by Gasteiger charge is 2.41. The maximum Gasteiger partial charge on any atom is 0.278 e. The lowest BCUT2D eigenvalue weighted by atomic mass is 9.94. The predicted octanol–water partition coefficient (Wildman–Crippen LogP) is 0.964. The summed E-state index contributed by atoms with van der Waals surface area (Å²) in [5.41, 5.74) is 1.56. The monoisotopic (exact) mass is 335 g/mol. The maximum atomic E-state index is 12.6. The first-order valence-electron chi connectivity index (χ1n) is 8.07. The normalized spacial score (nSPS) is 18.6. The van der Waals surface area contributed by atoms with Gasteiger partial charge >= 0.3 is 0 Å². The first-order chi connectivity index (χ1) is 12.1. The quantitative estimate of drug-likeness (QED) is 0.688. The molecule has 1 fully saturated rings. The number of rotatable bonds is 1. The Balaban J connectivity index is 1.82. The number of aromatic nitrogens is 4. The molecule has 2 N–H and O–H groups in total. The Morgan fingerprint density at radius 3 is 2.84 bits per heavy atom. The number of carbonyl (C=O) groups excluding carboxylic acids is 1. The van der Waals surface area contributed by atoms with Crippen molar-refractivity contribution in [2.45, 2.75) is 18.9 Å². The SMILES string of the molecule is O=C1c2cccc(-c3nc4c(=O)[nH]cnc4[nH]c3=O)c2C2CCCN12. The fraction of sp³-hybridized carbons (Fsp3) is 0.235. The lowest BCUT2D eigenvalue weighted by Crippen LogP contribution is -2.22. The minimum absolute atomic E-state index is 0.00363.